The van der Waals surface area contributed by atoms with Gasteiger partial charge in [-0.3, -0.25) is 4.79 Å². The third-order valence-electron chi connectivity index (χ3n) is 4.47. The van der Waals surface area contributed by atoms with Crippen LogP contribution in [-0.2, 0) is 14.8 Å². The van der Waals surface area contributed by atoms with Crippen LogP contribution in [0.3, 0.4) is 0 Å². The highest BCUT2D eigenvalue weighted by Gasteiger charge is 2.32. The standard InChI is InChI=1S/C17H20FN3O4S/c1-11-9-14(3-4-15(11)18)26(23,24)21-7-5-13(6-8-21)17(22)19-16-10-12(2)25-20-16/h3-4,9-10,13H,5-8H2,1-2H3,(H,19,20,22). The highest BCUT2D eigenvalue weighted by Crippen LogP contribution is 2.25. The molecule has 9 heteroatoms. The van der Waals surface area contributed by atoms with Crippen LogP contribution >= 0.6 is 0 Å². The minimum Gasteiger partial charge on any atom is -0.360 e. The number of benzene rings is 1. The van der Waals surface area contributed by atoms with E-state index in [-0.39, 0.29) is 35.4 Å². The van der Waals surface area contributed by atoms with E-state index < -0.39 is 15.8 Å². The van der Waals surface area contributed by atoms with Gasteiger partial charge in [0.1, 0.15) is 11.6 Å². The Kier molecular flexibility index (Phi) is 5.10. The van der Waals surface area contributed by atoms with Crippen LogP contribution in [0.4, 0.5) is 10.2 Å². The summed E-state index contributed by atoms with van der Waals surface area (Å²) >= 11 is 0. The van der Waals surface area contributed by atoms with Crippen LogP contribution in [-0.4, -0.2) is 36.9 Å². The van der Waals surface area contributed by atoms with Crippen molar-refractivity contribution in [3.63, 3.8) is 0 Å². The van der Waals surface area contributed by atoms with Crippen LogP contribution in [0.5, 0.6) is 0 Å². The molecule has 0 unspecified atom stereocenters. The third-order valence-corrected chi connectivity index (χ3v) is 6.37. The van der Waals surface area contributed by atoms with Gasteiger partial charge in [-0.25, -0.2) is 12.8 Å². The van der Waals surface area contributed by atoms with E-state index >= 15 is 0 Å². The summed E-state index contributed by atoms with van der Waals surface area (Å²) < 4.78 is 45.0. The molecule has 0 aliphatic carbocycles. The number of sulfonamides is 1. The van der Waals surface area contributed by atoms with E-state index in [1.807, 2.05) is 0 Å². The molecular formula is C17H20FN3O4S. The fourth-order valence-electron chi connectivity index (χ4n) is 2.94. The van der Waals surface area contributed by atoms with Gasteiger partial charge in [0.15, 0.2) is 5.82 Å². The van der Waals surface area contributed by atoms with E-state index in [1.165, 1.54) is 23.4 Å². The summed E-state index contributed by atoms with van der Waals surface area (Å²) in [5.74, 6) is 0.00366. The number of carbonyl (C=O) groups excluding carboxylic acids is 1. The second kappa shape index (κ2) is 7.16. The molecule has 1 saturated heterocycles. The summed E-state index contributed by atoms with van der Waals surface area (Å²) in [6.45, 7) is 3.71. The lowest BCUT2D eigenvalue weighted by molar-refractivity contribution is -0.120. The van der Waals surface area contributed by atoms with Crippen LogP contribution in [0.2, 0.25) is 0 Å². The zero-order valence-corrected chi connectivity index (χ0v) is 15.3. The van der Waals surface area contributed by atoms with Crippen molar-refractivity contribution in [1.82, 2.24) is 9.46 Å². The minimum absolute atomic E-state index is 0.0670. The second-order valence-corrected chi connectivity index (χ2v) is 8.34. The van der Waals surface area contributed by atoms with Gasteiger partial charge < -0.3 is 9.84 Å². The van der Waals surface area contributed by atoms with Crippen molar-refractivity contribution in [3.8, 4) is 0 Å². The first-order chi connectivity index (χ1) is 12.3. The molecule has 1 aromatic carbocycles. The number of hydrogen-bond donors (Lipinski definition) is 1. The largest absolute Gasteiger partial charge is 0.360 e. The first-order valence-corrected chi connectivity index (χ1v) is 9.72. The van der Waals surface area contributed by atoms with Gasteiger partial charge >= 0.3 is 0 Å². The van der Waals surface area contributed by atoms with Crippen LogP contribution in [0.15, 0.2) is 33.7 Å². The normalized spacial score (nSPS) is 16.6. The van der Waals surface area contributed by atoms with E-state index in [0.717, 1.165) is 6.07 Å². The maximum Gasteiger partial charge on any atom is 0.243 e. The lowest BCUT2D eigenvalue weighted by atomic mass is 9.97. The fraction of sp³-hybridized carbons (Fsp3) is 0.412. The summed E-state index contributed by atoms with van der Waals surface area (Å²) in [7, 11) is -3.70. The van der Waals surface area contributed by atoms with Crippen LogP contribution < -0.4 is 5.32 Å². The molecule has 0 atom stereocenters. The average Bonchev–Trinajstić information content (AvgIpc) is 3.02. The minimum atomic E-state index is -3.70. The first-order valence-electron chi connectivity index (χ1n) is 8.28. The Hall–Kier alpha value is -2.26. The molecule has 0 radical (unpaired) electrons. The molecule has 7 nitrogen and oxygen atoms in total. The molecule has 140 valence electrons. The highest BCUT2D eigenvalue weighted by molar-refractivity contribution is 7.89. The maximum atomic E-state index is 13.4. The Labute approximate surface area is 151 Å². The third kappa shape index (κ3) is 3.78. The van der Waals surface area contributed by atoms with Crippen molar-refractivity contribution >= 4 is 21.7 Å². The molecule has 1 aromatic heterocycles. The van der Waals surface area contributed by atoms with Gasteiger partial charge in [-0.2, -0.15) is 4.31 Å². The zero-order valence-electron chi connectivity index (χ0n) is 14.5. The zero-order chi connectivity index (χ0) is 18.9. The Morgan fingerprint density at radius 1 is 1.27 bits per heavy atom. The number of carbonyl (C=O) groups is 1. The number of anilines is 1. The molecule has 0 saturated carbocycles. The van der Waals surface area contributed by atoms with Gasteiger partial charge in [0.2, 0.25) is 15.9 Å². The number of nitrogens with one attached hydrogen (secondary N) is 1. The van der Waals surface area contributed by atoms with Crippen molar-refractivity contribution in [1.29, 1.82) is 0 Å². The summed E-state index contributed by atoms with van der Waals surface area (Å²) in [6.07, 6.45) is 0.810. The smallest absolute Gasteiger partial charge is 0.243 e. The summed E-state index contributed by atoms with van der Waals surface area (Å²) in [4.78, 5) is 12.3. The van der Waals surface area contributed by atoms with Crippen LogP contribution in [0, 0.1) is 25.6 Å². The molecule has 1 aliphatic rings. The van der Waals surface area contributed by atoms with Crippen molar-refractivity contribution < 1.29 is 22.1 Å². The Morgan fingerprint density at radius 2 is 1.96 bits per heavy atom. The van der Waals surface area contributed by atoms with Gasteiger partial charge in [0.25, 0.3) is 0 Å². The average molecular weight is 381 g/mol. The van der Waals surface area contributed by atoms with Gasteiger partial charge in [-0.1, -0.05) is 5.16 Å². The predicted octanol–water partition coefficient (Wildman–Crippen LogP) is 2.47. The number of amides is 1. The van der Waals surface area contributed by atoms with Gasteiger partial charge in [0, 0.05) is 25.1 Å². The molecular weight excluding hydrogens is 361 g/mol. The molecule has 1 amide bonds. The molecule has 26 heavy (non-hydrogen) atoms. The predicted molar refractivity (Wildman–Crippen MR) is 92.5 cm³/mol. The number of aromatic nitrogens is 1. The van der Waals surface area contributed by atoms with E-state index in [9.17, 15) is 17.6 Å². The number of nitrogens with zero attached hydrogens (tertiary/aromatic N) is 2. The monoisotopic (exact) mass is 381 g/mol. The molecule has 3 rings (SSSR count). The van der Waals surface area contributed by atoms with Gasteiger partial charge in [-0.15, -0.1) is 0 Å². The second-order valence-electron chi connectivity index (χ2n) is 6.40. The lowest BCUT2D eigenvalue weighted by Gasteiger charge is -2.30. The van der Waals surface area contributed by atoms with Crippen molar-refractivity contribution in [2.24, 2.45) is 5.92 Å². The first kappa shape index (κ1) is 18.5. The molecule has 2 heterocycles. The van der Waals surface area contributed by atoms with Gasteiger partial charge in [0.05, 0.1) is 4.90 Å². The SMILES string of the molecule is Cc1cc(NC(=O)C2CCN(S(=O)(=O)c3ccc(F)c(C)c3)CC2)no1. The number of hydrogen-bond acceptors (Lipinski definition) is 5. The van der Waals surface area contributed by atoms with E-state index in [4.69, 9.17) is 4.52 Å². The fourth-order valence-corrected chi connectivity index (χ4v) is 4.49. The Morgan fingerprint density at radius 3 is 2.54 bits per heavy atom. The molecule has 1 fully saturated rings. The van der Waals surface area contributed by atoms with Gasteiger partial charge in [-0.05, 0) is 50.5 Å². The van der Waals surface area contributed by atoms with Crippen molar-refractivity contribution in [2.75, 3.05) is 18.4 Å². The molecule has 2 aromatic rings. The summed E-state index contributed by atoms with van der Waals surface area (Å²) in [5.41, 5.74) is 0.281. The molecule has 1 aliphatic heterocycles. The van der Waals surface area contributed by atoms with E-state index in [0.29, 0.717) is 24.4 Å². The van der Waals surface area contributed by atoms with E-state index in [2.05, 4.69) is 10.5 Å². The summed E-state index contributed by atoms with van der Waals surface area (Å²) in [6, 6.07) is 5.37. The quantitative estimate of drug-likeness (QED) is 0.878. The number of aryl methyl sites for hydroxylation is 2. The topological polar surface area (TPSA) is 92.5 Å². The van der Waals surface area contributed by atoms with Crippen LogP contribution in [0.1, 0.15) is 24.2 Å². The maximum absolute atomic E-state index is 13.4. The highest BCUT2D eigenvalue weighted by atomic mass is 32.2. The van der Waals surface area contributed by atoms with Crippen LogP contribution in [0.25, 0.3) is 0 Å². The molecule has 1 N–H and O–H groups in total. The molecule has 0 bridgehead atoms. The number of rotatable bonds is 4. The summed E-state index contributed by atoms with van der Waals surface area (Å²) in [5, 5.41) is 6.39. The molecule has 0 spiro atoms. The van der Waals surface area contributed by atoms with E-state index in [1.54, 1.807) is 13.0 Å². The number of halogens is 1. The van der Waals surface area contributed by atoms with Crippen molar-refractivity contribution in [2.45, 2.75) is 31.6 Å². The lowest BCUT2D eigenvalue weighted by Crippen LogP contribution is -2.41. The number of piperidine rings is 1. The van der Waals surface area contributed by atoms with Crippen molar-refractivity contribution in [3.05, 3.63) is 41.4 Å². The Balaban J connectivity index is 1.63. The Bertz CT molecular complexity index is 918.